The number of hydrogen-bond donors (Lipinski definition) is 1. The summed E-state index contributed by atoms with van der Waals surface area (Å²) in [5.74, 6) is -1.18. The van der Waals surface area contributed by atoms with Crippen LogP contribution in [0.3, 0.4) is 0 Å². The van der Waals surface area contributed by atoms with E-state index in [4.69, 9.17) is 9.47 Å². The highest BCUT2D eigenvalue weighted by molar-refractivity contribution is 5.87. The Labute approximate surface area is 107 Å². The van der Waals surface area contributed by atoms with Crippen molar-refractivity contribution in [3.63, 3.8) is 0 Å². The van der Waals surface area contributed by atoms with Crippen molar-refractivity contribution in [1.82, 2.24) is 0 Å². The summed E-state index contributed by atoms with van der Waals surface area (Å²) in [7, 11) is 0. The third kappa shape index (κ3) is 5.63. The number of aliphatic hydroxyl groups is 1. The van der Waals surface area contributed by atoms with Crippen LogP contribution >= 0.6 is 0 Å². The highest BCUT2D eigenvalue weighted by Gasteiger charge is 2.29. The van der Waals surface area contributed by atoms with E-state index in [-0.39, 0.29) is 30.8 Å². The van der Waals surface area contributed by atoms with Crippen molar-refractivity contribution in [3.05, 3.63) is 24.3 Å². The lowest BCUT2D eigenvalue weighted by atomic mass is 10.0. The third-order valence-electron chi connectivity index (χ3n) is 2.30. The van der Waals surface area contributed by atoms with Gasteiger partial charge in [-0.3, -0.25) is 0 Å². The van der Waals surface area contributed by atoms with E-state index in [9.17, 15) is 14.7 Å². The Morgan fingerprint density at radius 3 is 1.61 bits per heavy atom. The Balaban J connectivity index is 4.35. The van der Waals surface area contributed by atoms with Crippen LogP contribution in [0, 0.1) is 0 Å². The molecule has 0 aromatic heterocycles. The molecule has 1 N–H and O–H groups in total. The van der Waals surface area contributed by atoms with Gasteiger partial charge in [0.15, 0.2) is 0 Å². The molecule has 0 fully saturated rings. The smallest absolute Gasteiger partial charge is 0.333 e. The maximum absolute atomic E-state index is 11.2. The lowest BCUT2D eigenvalue weighted by Crippen LogP contribution is -2.40. The molecule has 0 aliphatic rings. The molecule has 0 spiro atoms. The molecule has 0 amide bonds. The minimum atomic E-state index is -1.39. The molecule has 102 valence electrons. The minimum absolute atomic E-state index is 0.243. The average Bonchev–Trinajstić information content (AvgIpc) is 2.32. The van der Waals surface area contributed by atoms with Crippen molar-refractivity contribution < 1.29 is 24.2 Å². The van der Waals surface area contributed by atoms with Crippen LogP contribution in [0.5, 0.6) is 0 Å². The van der Waals surface area contributed by atoms with E-state index in [1.165, 1.54) is 13.8 Å². The van der Waals surface area contributed by atoms with Crippen LogP contribution in [0.4, 0.5) is 0 Å². The van der Waals surface area contributed by atoms with Gasteiger partial charge in [-0.25, -0.2) is 9.59 Å². The second-order valence-corrected chi connectivity index (χ2v) is 4.29. The number of carbonyl (C=O) groups is 2. The quantitative estimate of drug-likeness (QED) is 0.550. The normalized spacial score (nSPS) is 10.7. The fraction of sp³-hybridized carbons (Fsp3) is 0.538. The Hall–Kier alpha value is -1.62. The van der Waals surface area contributed by atoms with Gasteiger partial charge in [-0.1, -0.05) is 20.1 Å². The zero-order chi connectivity index (χ0) is 14.3. The minimum Gasteiger partial charge on any atom is -0.459 e. The van der Waals surface area contributed by atoms with Crippen LogP contribution in [-0.2, 0) is 19.1 Å². The molecule has 0 saturated carbocycles. The highest BCUT2D eigenvalue weighted by atomic mass is 16.6. The number of esters is 2. The van der Waals surface area contributed by atoms with E-state index < -0.39 is 17.5 Å². The molecule has 18 heavy (non-hydrogen) atoms. The molecule has 0 aromatic rings. The molecule has 5 heteroatoms. The summed E-state index contributed by atoms with van der Waals surface area (Å²) in [6.45, 7) is 11.1. The zero-order valence-electron chi connectivity index (χ0n) is 11.1. The van der Waals surface area contributed by atoms with E-state index in [1.807, 2.05) is 0 Å². The average molecular weight is 256 g/mol. The second-order valence-electron chi connectivity index (χ2n) is 4.29. The van der Waals surface area contributed by atoms with Crippen molar-refractivity contribution in [2.24, 2.45) is 0 Å². The van der Waals surface area contributed by atoms with Crippen molar-refractivity contribution in [2.75, 3.05) is 13.2 Å². The van der Waals surface area contributed by atoms with Gasteiger partial charge in [0.25, 0.3) is 0 Å². The van der Waals surface area contributed by atoms with Crippen molar-refractivity contribution >= 4 is 11.9 Å². The van der Waals surface area contributed by atoms with E-state index in [0.717, 1.165) is 0 Å². The van der Waals surface area contributed by atoms with Crippen LogP contribution in [0.15, 0.2) is 24.3 Å². The van der Waals surface area contributed by atoms with Gasteiger partial charge in [0.1, 0.15) is 18.8 Å². The highest BCUT2D eigenvalue weighted by Crippen LogP contribution is 2.13. The molecule has 0 atom stereocenters. The Morgan fingerprint density at radius 1 is 1.06 bits per heavy atom. The van der Waals surface area contributed by atoms with Gasteiger partial charge in [-0.15, -0.1) is 0 Å². The topological polar surface area (TPSA) is 72.8 Å². The van der Waals surface area contributed by atoms with Crippen molar-refractivity contribution in [1.29, 1.82) is 0 Å². The van der Waals surface area contributed by atoms with Gasteiger partial charge in [-0.05, 0) is 20.3 Å². The number of ether oxygens (including phenoxy) is 2. The molecular weight excluding hydrogens is 236 g/mol. The lowest BCUT2D eigenvalue weighted by Gasteiger charge is -2.25. The van der Waals surface area contributed by atoms with Gasteiger partial charge >= 0.3 is 11.9 Å². The van der Waals surface area contributed by atoms with E-state index >= 15 is 0 Å². The summed E-state index contributed by atoms with van der Waals surface area (Å²) in [6.07, 6.45) is 0.278. The first-order valence-electron chi connectivity index (χ1n) is 5.59. The predicted molar refractivity (Wildman–Crippen MR) is 66.8 cm³/mol. The van der Waals surface area contributed by atoms with Crippen LogP contribution in [0.1, 0.15) is 27.2 Å². The first-order valence-corrected chi connectivity index (χ1v) is 5.59. The Morgan fingerprint density at radius 2 is 1.39 bits per heavy atom. The molecule has 0 unspecified atom stereocenters. The molecule has 0 heterocycles. The largest absolute Gasteiger partial charge is 0.459 e. The van der Waals surface area contributed by atoms with E-state index in [2.05, 4.69) is 13.2 Å². The Bertz CT molecular complexity index is 326. The summed E-state index contributed by atoms with van der Waals surface area (Å²) < 4.78 is 9.70. The van der Waals surface area contributed by atoms with Gasteiger partial charge in [0, 0.05) is 11.1 Å². The molecule has 0 rings (SSSR count). The summed E-state index contributed by atoms with van der Waals surface area (Å²) in [5.41, 5.74) is -0.907. The molecule has 0 aromatic carbocycles. The second kappa shape index (κ2) is 6.96. The SMILES string of the molecule is C=C(C)C(=O)OCC(O)(CC)COC(=O)C(=C)C. The first kappa shape index (κ1) is 16.4. The van der Waals surface area contributed by atoms with E-state index in [0.29, 0.717) is 0 Å². The van der Waals surface area contributed by atoms with Gasteiger partial charge in [0.2, 0.25) is 0 Å². The van der Waals surface area contributed by atoms with Gasteiger partial charge < -0.3 is 14.6 Å². The van der Waals surface area contributed by atoms with E-state index in [1.54, 1.807) is 6.92 Å². The maximum atomic E-state index is 11.2. The monoisotopic (exact) mass is 256 g/mol. The molecule has 0 bridgehead atoms. The Kier molecular flexibility index (Phi) is 6.33. The fourth-order valence-electron chi connectivity index (χ4n) is 0.892. The molecule has 0 aliphatic heterocycles. The van der Waals surface area contributed by atoms with Crippen molar-refractivity contribution in [3.8, 4) is 0 Å². The van der Waals surface area contributed by atoms with Crippen LogP contribution < -0.4 is 0 Å². The molecule has 0 saturated heterocycles. The summed E-state index contributed by atoms with van der Waals surface area (Å²) >= 11 is 0. The predicted octanol–water partition coefficient (Wildman–Crippen LogP) is 1.37. The zero-order valence-corrected chi connectivity index (χ0v) is 11.1. The van der Waals surface area contributed by atoms with Crippen LogP contribution in [0.2, 0.25) is 0 Å². The molecule has 0 aliphatic carbocycles. The standard InChI is InChI=1S/C13H20O5/c1-6-13(16,7-17-11(14)9(2)3)8-18-12(15)10(4)5/h16H,2,4,6-8H2,1,3,5H3. The number of hydrogen-bond acceptors (Lipinski definition) is 5. The summed E-state index contributed by atoms with van der Waals surface area (Å²) in [4.78, 5) is 22.4. The third-order valence-corrected chi connectivity index (χ3v) is 2.30. The molecule has 5 nitrogen and oxygen atoms in total. The first-order chi connectivity index (χ1) is 8.22. The lowest BCUT2D eigenvalue weighted by molar-refractivity contribution is -0.158. The fourth-order valence-corrected chi connectivity index (χ4v) is 0.892. The number of rotatable bonds is 7. The van der Waals surface area contributed by atoms with Gasteiger partial charge in [0.05, 0.1) is 0 Å². The van der Waals surface area contributed by atoms with Crippen LogP contribution in [-0.4, -0.2) is 35.9 Å². The number of carbonyl (C=O) groups excluding carboxylic acids is 2. The summed E-state index contributed by atoms with van der Waals surface area (Å²) in [6, 6.07) is 0. The van der Waals surface area contributed by atoms with Crippen LogP contribution in [0.25, 0.3) is 0 Å². The maximum Gasteiger partial charge on any atom is 0.333 e. The van der Waals surface area contributed by atoms with Gasteiger partial charge in [-0.2, -0.15) is 0 Å². The molecular formula is C13H20O5. The van der Waals surface area contributed by atoms with Crippen molar-refractivity contribution in [2.45, 2.75) is 32.8 Å². The molecule has 0 radical (unpaired) electrons. The summed E-state index contributed by atoms with van der Waals surface area (Å²) in [5, 5.41) is 10.1.